The van der Waals surface area contributed by atoms with Crippen LogP contribution in [0.3, 0.4) is 0 Å². The largest absolute Gasteiger partial charge is 0.405 e. The maximum atomic E-state index is 12.6. The van der Waals surface area contributed by atoms with Crippen LogP contribution in [-0.4, -0.2) is 17.9 Å². The Hall–Kier alpha value is -2.17. The van der Waals surface area contributed by atoms with Gasteiger partial charge in [-0.2, -0.15) is 4.57 Å². The summed E-state index contributed by atoms with van der Waals surface area (Å²) in [6.07, 6.45) is 31.1. The molecule has 5 heteroatoms. The number of amides is 1. The first-order chi connectivity index (χ1) is 21.0. The highest BCUT2D eigenvalue weighted by Crippen LogP contribution is 2.15. The zero-order valence-corrected chi connectivity index (χ0v) is 28.4. The summed E-state index contributed by atoms with van der Waals surface area (Å²) >= 11 is 0. The number of hydrogen-bond donors (Lipinski definition) is 1. The summed E-state index contributed by atoms with van der Waals surface area (Å²) in [5, 5.41) is 3.07. The molecule has 0 saturated carbocycles. The van der Waals surface area contributed by atoms with Gasteiger partial charge < -0.3 is 10.1 Å². The van der Waals surface area contributed by atoms with Crippen LogP contribution in [0.15, 0.2) is 36.5 Å². The molecule has 1 heterocycles. The molecule has 1 aromatic heterocycles. The lowest BCUT2D eigenvalue weighted by Gasteiger charge is -2.18. The number of esters is 1. The second-order valence-electron chi connectivity index (χ2n) is 12.7. The zero-order chi connectivity index (χ0) is 31.4. The highest BCUT2D eigenvalue weighted by atomic mass is 16.5. The number of unbranched alkanes of at least 4 members (excludes halogenated alkanes) is 18. The predicted molar refractivity (Wildman–Crippen MR) is 181 cm³/mol. The van der Waals surface area contributed by atoms with Gasteiger partial charge in [0.2, 0.25) is 5.91 Å². The van der Waals surface area contributed by atoms with E-state index in [0.717, 1.165) is 32.1 Å². The van der Waals surface area contributed by atoms with E-state index in [1.54, 1.807) is 6.92 Å². The molecule has 0 radical (unpaired) electrons. The second-order valence-corrected chi connectivity index (χ2v) is 12.7. The standard InChI is InChI=1S/C38H66N2O3/c1-5-7-9-11-13-14-15-16-17-18-19-20-22-24-28-36-29-25-26-32-40(36)33-43-37(41)31-30-35(39-38(42)34(3)4)27-23-21-12-10-8-6-2/h25-26,29,32,35H,3,5-24,27-28,30-31,33H2,1-2,4H3/p+1. The Kier molecular flexibility index (Phi) is 24.7. The molecule has 1 atom stereocenters. The number of nitrogens with zero attached hydrogens (tertiary/aromatic N) is 1. The first-order valence-electron chi connectivity index (χ1n) is 18.1. The highest BCUT2D eigenvalue weighted by molar-refractivity contribution is 5.92. The molecule has 1 unspecified atom stereocenters. The fourth-order valence-electron chi connectivity index (χ4n) is 5.64. The first-order valence-corrected chi connectivity index (χ1v) is 18.1. The molecular weight excluding hydrogens is 532 g/mol. The molecule has 1 N–H and O–H groups in total. The van der Waals surface area contributed by atoms with Crippen LogP contribution in [0.1, 0.15) is 174 Å². The van der Waals surface area contributed by atoms with Crippen LogP contribution < -0.4 is 9.88 Å². The molecule has 1 aromatic rings. The van der Waals surface area contributed by atoms with Crippen molar-refractivity contribution in [3.63, 3.8) is 0 Å². The minimum Gasteiger partial charge on any atom is -0.405 e. The Bertz CT molecular complexity index is 853. The number of hydrogen-bond acceptors (Lipinski definition) is 3. The van der Waals surface area contributed by atoms with Crippen LogP contribution >= 0.6 is 0 Å². The Morgan fingerprint density at radius 1 is 0.744 bits per heavy atom. The van der Waals surface area contributed by atoms with Crippen molar-refractivity contribution in [2.45, 2.75) is 188 Å². The van der Waals surface area contributed by atoms with Gasteiger partial charge in [0.05, 0.1) is 0 Å². The van der Waals surface area contributed by atoms with Crippen molar-refractivity contribution in [3.8, 4) is 0 Å². The average molecular weight is 600 g/mol. The van der Waals surface area contributed by atoms with E-state index in [9.17, 15) is 9.59 Å². The third-order valence-electron chi connectivity index (χ3n) is 8.51. The zero-order valence-electron chi connectivity index (χ0n) is 28.4. The Balaban J connectivity index is 2.27. The first kappa shape index (κ1) is 38.9. The number of aromatic nitrogens is 1. The summed E-state index contributed by atoms with van der Waals surface area (Å²) in [6, 6.07) is 6.17. The van der Waals surface area contributed by atoms with E-state index in [0.29, 0.717) is 18.4 Å². The van der Waals surface area contributed by atoms with Crippen molar-refractivity contribution in [3.05, 3.63) is 42.2 Å². The van der Waals surface area contributed by atoms with Gasteiger partial charge in [0.1, 0.15) is 0 Å². The van der Waals surface area contributed by atoms with Crippen molar-refractivity contribution in [1.29, 1.82) is 0 Å². The molecule has 0 aromatic carbocycles. The minimum atomic E-state index is -0.212. The van der Waals surface area contributed by atoms with Gasteiger partial charge in [0.25, 0.3) is 6.73 Å². The second kappa shape index (κ2) is 27.4. The summed E-state index contributed by atoms with van der Waals surface area (Å²) in [6.45, 7) is 10.2. The van der Waals surface area contributed by atoms with E-state index in [-0.39, 0.29) is 24.6 Å². The van der Waals surface area contributed by atoms with Gasteiger partial charge in [-0.05, 0) is 26.2 Å². The Labute approximate surface area is 265 Å². The summed E-state index contributed by atoms with van der Waals surface area (Å²) in [5.41, 5.74) is 1.71. The summed E-state index contributed by atoms with van der Waals surface area (Å²) < 4.78 is 7.71. The molecule has 0 fully saturated rings. The van der Waals surface area contributed by atoms with Crippen LogP contribution in [0.25, 0.3) is 0 Å². The van der Waals surface area contributed by atoms with Gasteiger partial charge in [0, 0.05) is 36.6 Å². The Morgan fingerprint density at radius 3 is 1.79 bits per heavy atom. The smallest absolute Gasteiger partial charge is 0.310 e. The lowest BCUT2D eigenvalue weighted by molar-refractivity contribution is -0.734. The molecule has 43 heavy (non-hydrogen) atoms. The number of nitrogens with one attached hydrogen (secondary N) is 1. The highest BCUT2D eigenvalue weighted by Gasteiger charge is 2.17. The number of ether oxygens (including phenoxy) is 1. The summed E-state index contributed by atoms with van der Waals surface area (Å²) in [7, 11) is 0. The Morgan fingerprint density at radius 2 is 1.26 bits per heavy atom. The lowest BCUT2D eigenvalue weighted by atomic mass is 10.0. The van der Waals surface area contributed by atoms with Gasteiger partial charge in [-0.1, -0.05) is 148 Å². The van der Waals surface area contributed by atoms with Gasteiger partial charge in [-0.3, -0.25) is 9.59 Å². The number of aryl methyl sites for hydroxylation is 1. The van der Waals surface area contributed by atoms with Crippen LogP contribution in [0.4, 0.5) is 0 Å². The number of pyridine rings is 1. The number of carbonyl (C=O) groups excluding carboxylic acids is 2. The molecule has 0 saturated heterocycles. The maximum absolute atomic E-state index is 12.6. The molecule has 5 nitrogen and oxygen atoms in total. The topological polar surface area (TPSA) is 59.3 Å². The summed E-state index contributed by atoms with van der Waals surface area (Å²) in [4.78, 5) is 24.9. The average Bonchev–Trinajstić information content (AvgIpc) is 3.00. The van der Waals surface area contributed by atoms with E-state index in [4.69, 9.17) is 4.74 Å². The van der Waals surface area contributed by atoms with E-state index in [1.165, 1.54) is 115 Å². The van der Waals surface area contributed by atoms with Crippen LogP contribution in [-0.2, 0) is 27.5 Å². The van der Waals surface area contributed by atoms with Crippen molar-refractivity contribution in [2.75, 3.05) is 0 Å². The molecule has 246 valence electrons. The van der Waals surface area contributed by atoms with Crippen LogP contribution in [0, 0.1) is 0 Å². The maximum Gasteiger partial charge on any atom is 0.310 e. The molecule has 0 aliphatic carbocycles. The third kappa shape index (κ3) is 22.1. The predicted octanol–water partition coefficient (Wildman–Crippen LogP) is 10.1. The summed E-state index contributed by atoms with van der Waals surface area (Å²) in [5.74, 6) is -0.339. The molecule has 0 bridgehead atoms. The number of carbonyl (C=O) groups is 2. The molecule has 0 aliphatic rings. The monoisotopic (exact) mass is 600 g/mol. The molecule has 0 spiro atoms. The number of rotatable bonds is 29. The van der Waals surface area contributed by atoms with E-state index in [2.05, 4.69) is 42.4 Å². The van der Waals surface area contributed by atoms with Crippen LogP contribution in [0.5, 0.6) is 0 Å². The van der Waals surface area contributed by atoms with Crippen molar-refractivity contribution in [2.24, 2.45) is 0 Å². The van der Waals surface area contributed by atoms with Crippen molar-refractivity contribution >= 4 is 11.9 Å². The molecule has 0 aliphatic heterocycles. The quantitative estimate of drug-likeness (QED) is 0.0431. The normalized spacial score (nSPS) is 11.8. The molecule has 1 amide bonds. The molecule has 1 rings (SSSR count). The van der Waals surface area contributed by atoms with Gasteiger partial charge in [-0.25, -0.2) is 0 Å². The van der Waals surface area contributed by atoms with Gasteiger partial charge in [0.15, 0.2) is 11.9 Å². The van der Waals surface area contributed by atoms with Crippen molar-refractivity contribution < 1.29 is 18.9 Å². The minimum absolute atomic E-state index is 0.0248. The third-order valence-corrected chi connectivity index (χ3v) is 8.51. The van der Waals surface area contributed by atoms with E-state index < -0.39 is 0 Å². The van der Waals surface area contributed by atoms with Crippen LogP contribution in [0.2, 0.25) is 0 Å². The fraction of sp³-hybridized carbons (Fsp3) is 0.763. The van der Waals surface area contributed by atoms with E-state index >= 15 is 0 Å². The fourth-order valence-corrected chi connectivity index (χ4v) is 5.64. The molecular formula is C38H67N2O3+. The SMILES string of the molecule is C=C(C)C(=O)NC(CCCCCCCC)CCC(=O)OC[n+]1ccccc1CCCCCCCCCCCCCCCC. The lowest BCUT2D eigenvalue weighted by Crippen LogP contribution is -2.40. The van der Waals surface area contributed by atoms with E-state index in [1.807, 2.05) is 12.3 Å². The van der Waals surface area contributed by atoms with Gasteiger partial charge in [-0.15, -0.1) is 0 Å². The van der Waals surface area contributed by atoms with Crippen molar-refractivity contribution in [1.82, 2.24) is 5.32 Å². The van der Waals surface area contributed by atoms with Gasteiger partial charge >= 0.3 is 5.97 Å².